The Labute approximate surface area is 141 Å². The molecule has 0 saturated carbocycles. The molecule has 0 saturated heterocycles. The summed E-state index contributed by atoms with van der Waals surface area (Å²) in [6, 6.07) is 16.0. The number of carbonyl (C=O) groups excluding carboxylic acids is 1. The highest BCUT2D eigenvalue weighted by Crippen LogP contribution is 2.19. The smallest absolute Gasteiger partial charge is 0.319 e. The van der Waals surface area contributed by atoms with Crippen LogP contribution in [-0.2, 0) is 0 Å². The first-order valence-electron chi connectivity index (χ1n) is 7.81. The molecule has 124 valence electrons. The second kappa shape index (κ2) is 8.14. The van der Waals surface area contributed by atoms with Gasteiger partial charge in [-0.3, -0.25) is 0 Å². The molecule has 0 heterocycles. The summed E-state index contributed by atoms with van der Waals surface area (Å²) in [5, 5.41) is 24.7. The Morgan fingerprint density at radius 2 is 1.96 bits per heavy atom. The molecule has 0 aliphatic carbocycles. The van der Waals surface area contributed by atoms with Crippen LogP contribution >= 0.6 is 0 Å². The average molecular weight is 323 g/mol. The number of aryl methyl sites for hydroxylation is 1. The van der Waals surface area contributed by atoms with Crippen molar-refractivity contribution in [2.45, 2.75) is 32.4 Å². The first kappa shape index (κ1) is 17.5. The molecule has 5 nitrogen and oxygen atoms in total. The minimum Gasteiger partial charge on any atom is -0.388 e. The Morgan fingerprint density at radius 1 is 1.25 bits per heavy atom. The van der Waals surface area contributed by atoms with Crippen molar-refractivity contribution < 1.29 is 9.90 Å². The fraction of sp³-hybridized carbons (Fsp3) is 0.263. The fourth-order valence-electron chi connectivity index (χ4n) is 2.41. The van der Waals surface area contributed by atoms with Gasteiger partial charge in [0.05, 0.1) is 17.7 Å². The molecular formula is C19H21N3O2. The molecule has 2 atom stereocenters. The van der Waals surface area contributed by atoms with Crippen molar-refractivity contribution in [3.63, 3.8) is 0 Å². The third kappa shape index (κ3) is 4.83. The molecule has 0 bridgehead atoms. The topological polar surface area (TPSA) is 85.2 Å². The van der Waals surface area contributed by atoms with Crippen molar-refractivity contribution in [2.75, 3.05) is 5.32 Å². The Kier molecular flexibility index (Phi) is 5.94. The maximum atomic E-state index is 12.1. The van der Waals surface area contributed by atoms with Crippen molar-refractivity contribution in [3.05, 3.63) is 65.2 Å². The number of hydrogen-bond donors (Lipinski definition) is 3. The van der Waals surface area contributed by atoms with Gasteiger partial charge in [-0.2, -0.15) is 5.26 Å². The number of nitrogens with zero attached hydrogens (tertiary/aromatic N) is 1. The Bertz CT molecular complexity index is 738. The number of nitriles is 1. The van der Waals surface area contributed by atoms with Gasteiger partial charge in [0.15, 0.2) is 0 Å². The highest BCUT2D eigenvalue weighted by molar-refractivity contribution is 5.90. The Balaban J connectivity index is 1.91. The number of nitrogens with one attached hydrogen (secondary N) is 2. The summed E-state index contributed by atoms with van der Waals surface area (Å²) in [7, 11) is 0. The second-order valence-corrected chi connectivity index (χ2v) is 5.80. The lowest BCUT2D eigenvalue weighted by molar-refractivity contribution is 0.155. The van der Waals surface area contributed by atoms with E-state index in [0.29, 0.717) is 17.7 Å². The molecule has 0 aromatic heterocycles. The van der Waals surface area contributed by atoms with E-state index in [0.717, 1.165) is 11.1 Å². The van der Waals surface area contributed by atoms with Crippen LogP contribution in [0.4, 0.5) is 10.5 Å². The lowest BCUT2D eigenvalue weighted by Crippen LogP contribution is -2.37. The summed E-state index contributed by atoms with van der Waals surface area (Å²) < 4.78 is 0. The summed E-state index contributed by atoms with van der Waals surface area (Å²) in [5.41, 5.74) is 2.79. The molecule has 2 aromatic carbocycles. The van der Waals surface area contributed by atoms with Crippen molar-refractivity contribution in [1.82, 2.24) is 5.32 Å². The molecule has 3 N–H and O–H groups in total. The highest BCUT2D eigenvalue weighted by atomic mass is 16.3. The second-order valence-electron chi connectivity index (χ2n) is 5.80. The number of urea groups is 1. The number of carbonyl (C=O) groups is 1. The number of anilines is 1. The minimum atomic E-state index is -0.634. The van der Waals surface area contributed by atoms with Crippen molar-refractivity contribution in [3.8, 4) is 6.07 Å². The van der Waals surface area contributed by atoms with Gasteiger partial charge in [-0.15, -0.1) is 0 Å². The maximum absolute atomic E-state index is 12.1. The fourth-order valence-corrected chi connectivity index (χ4v) is 2.41. The largest absolute Gasteiger partial charge is 0.388 e. The van der Waals surface area contributed by atoms with Crippen LogP contribution in [0.1, 0.15) is 36.1 Å². The first-order valence-corrected chi connectivity index (χ1v) is 7.81. The van der Waals surface area contributed by atoms with Gasteiger partial charge in [0, 0.05) is 11.7 Å². The molecule has 0 radical (unpaired) electrons. The van der Waals surface area contributed by atoms with E-state index in [1.807, 2.05) is 50.2 Å². The van der Waals surface area contributed by atoms with Gasteiger partial charge in [0.2, 0.25) is 0 Å². The molecule has 5 heteroatoms. The molecule has 0 aliphatic heterocycles. The first-order chi connectivity index (χ1) is 11.5. The van der Waals surface area contributed by atoms with E-state index in [4.69, 9.17) is 5.26 Å². The number of amides is 2. The van der Waals surface area contributed by atoms with E-state index < -0.39 is 6.10 Å². The van der Waals surface area contributed by atoms with Gasteiger partial charge in [-0.1, -0.05) is 36.4 Å². The third-order valence-corrected chi connectivity index (χ3v) is 3.75. The van der Waals surface area contributed by atoms with Crippen molar-refractivity contribution in [1.29, 1.82) is 5.26 Å². The highest BCUT2D eigenvalue weighted by Gasteiger charge is 2.14. The van der Waals surface area contributed by atoms with Gasteiger partial charge < -0.3 is 15.7 Å². The maximum Gasteiger partial charge on any atom is 0.319 e. The molecule has 0 aliphatic rings. The molecular weight excluding hydrogens is 302 g/mol. The van der Waals surface area contributed by atoms with E-state index in [1.54, 1.807) is 18.2 Å². The summed E-state index contributed by atoms with van der Waals surface area (Å²) in [4.78, 5) is 12.1. The van der Waals surface area contributed by atoms with E-state index in [1.165, 1.54) is 0 Å². The van der Waals surface area contributed by atoms with Crippen LogP contribution in [0.25, 0.3) is 0 Å². The quantitative estimate of drug-likeness (QED) is 0.787. The summed E-state index contributed by atoms with van der Waals surface area (Å²) in [5.74, 6) is 0. The lowest BCUT2D eigenvalue weighted by atomic mass is 10.0. The van der Waals surface area contributed by atoms with Crippen molar-refractivity contribution in [2.24, 2.45) is 0 Å². The number of aliphatic hydroxyl groups is 1. The van der Waals surface area contributed by atoms with Crippen LogP contribution in [0.5, 0.6) is 0 Å². The third-order valence-electron chi connectivity index (χ3n) is 3.75. The van der Waals surface area contributed by atoms with E-state index >= 15 is 0 Å². The Morgan fingerprint density at radius 3 is 2.62 bits per heavy atom. The van der Waals surface area contributed by atoms with Gasteiger partial charge in [-0.05, 0) is 43.5 Å². The number of aliphatic hydroxyl groups excluding tert-OH is 1. The van der Waals surface area contributed by atoms with Crippen molar-refractivity contribution >= 4 is 11.7 Å². The van der Waals surface area contributed by atoms with Crippen LogP contribution in [0, 0.1) is 18.3 Å². The molecule has 2 rings (SSSR count). The Hall–Kier alpha value is -2.84. The van der Waals surface area contributed by atoms with E-state index in [-0.39, 0.29) is 12.1 Å². The van der Waals surface area contributed by atoms with Crippen LogP contribution in [0.2, 0.25) is 0 Å². The summed E-state index contributed by atoms with van der Waals surface area (Å²) in [6.07, 6.45) is -0.223. The zero-order valence-electron chi connectivity index (χ0n) is 13.8. The number of rotatable bonds is 5. The van der Waals surface area contributed by atoms with Crippen LogP contribution in [0.3, 0.4) is 0 Å². The van der Waals surface area contributed by atoms with E-state index in [9.17, 15) is 9.90 Å². The van der Waals surface area contributed by atoms with Gasteiger partial charge in [-0.25, -0.2) is 4.79 Å². The summed E-state index contributed by atoms with van der Waals surface area (Å²) >= 11 is 0. The predicted octanol–water partition coefficient (Wildman–Crippen LogP) is 3.50. The molecule has 2 amide bonds. The van der Waals surface area contributed by atoms with Crippen LogP contribution in [-0.4, -0.2) is 17.2 Å². The van der Waals surface area contributed by atoms with E-state index in [2.05, 4.69) is 10.6 Å². The average Bonchev–Trinajstić information content (AvgIpc) is 2.57. The number of benzene rings is 2. The zero-order valence-corrected chi connectivity index (χ0v) is 13.8. The molecule has 0 fully saturated rings. The van der Waals surface area contributed by atoms with Crippen LogP contribution in [0.15, 0.2) is 48.5 Å². The normalized spacial score (nSPS) is 12.8. The number of hydrogen-bond acceptors (Lipinski definition) is 3. The molecule has 2 unspecified atom stereocenters. The minimum absolute atomic E-state index is 0.209. The molecule has 24 heavy (non-hydrogen) atoms. The zero-order chi connectivity index (χ0) is 17.5. The molecule has 2 aromatic rings. The van der Waals surface area contributed by atoms with Crippen LogP contribution < -0.4 is 10.6 Å². The summed E-state index contributed by atoms with van der Waals surface area (Å²) in [6.45, 7) is 3.70. The lowest BCUT2D eigenvalue weighted by Gasteiger charge is -2.19. The van der Waals surface area contributed by atoms with Gasteiger partial charge in [0.25, 0.3) is 0 Å². The van der Waals surface area contributed by atoms with Gasteiger partial charge in [0.1, 0.15) is 0 Å². The monoisotopic (exact) mass is 323 g/mol. The van der Waals surface area contributed by atoms with Gasteiger partial charge >= 0.3 is 6.03 Å². The predicted molar refractivity (Wildman–Crippen MR) is 93.5 cm³/mol. The standard InChI is InChI=1S/C19H21N3O2/c1-13-8-9-15(12-20)11-17(13)22-19(24)21-14(2)10-18(23)16-6-4-3-5-7-16/h3-9,11,14,18,23H,10H2,1-2H3,(H2,21,22,24). The molecule has 0 spiro atoms. The SMILES string of the molecule is Cc1ccc(C#N)cc1NC(=O)NC(C)CC(O)c1ccccc1.